The second kappa shape index (κ2) is 6.55. The highest BCUT2D eigenvalue weighted by molar-refractivity contribution is 5.97. The molecule has 0 heterocycles. The topological polar surface area (TPSA) is 55.4 Å². The van der Waals surface area contributed by atoms with Crippen LogP contribution in [0.5, 0.6) is 0 Å². The number of Topliss-reactive ketones (excluding diaryl/α,β-unsaturated/α-hetero) is 1. The summed E-state index contributed by atoms with van der Waals surface area (Å²) >= 11 is 0. The van der Waals surface area contributed by atoms with E-state index in [0.29, 0.717) is 12.1 Å². The second-order valence-corrected chi connectivity index (χ2v) is 6.07. The first-order valence-corrected chi connectivity index (χ1v) is 6.79. The fourth-order valence-corrected chi connectivity index (χ4v) is 1.66. The average molecular weight is 277 g/mol. The maximum Gasteiger partial charge on any atom is 0.407 e. The van der Waals surface area contributed by atoms with Gasteiger partial charge >= 0.3 is 6.09 Å². The lowest BCUT2D eigenvalue weighted by Gasteiger charge is -2.19. The molecule has 20 heavy (non-hydrogen) atoms. The Morgan fingerprint density at radius 3 is 2.45 bits per heavy atom. The quantitative estimate of drug-likeness (QED) is 0.856. The van der Waals surface area contributed by atoms with E-state index in [1.165, 1.54) is 0 Å². The number of rotatable bonds is 4. The number of benzene rings is 1. The monoisotopic (exact) mass is 277 g/mol. The molecule has 0 saturated carbocycles. The van der Waals surface area contributed by atoms with Crippen molar-refractivity contribution in [2.45, 2.75) is 46.8 Å². The third kappa shape index (κ3) is 5.43. The highest BCUT2D eigenvalue weighted by Gasteiger charge is 2.16. The Labute approximate surface area is 120 Å². The Balaban J connectivity index is 2.63. The van der Waals surface area contributed by atoms with Gasteiger partial charge in [-0.1, -0.05) is 32.0 Å². The van der Waals surface area contributed by atoms with E-state index in [1.807, 2.05) is 46.8 Å². The summed E-state index contributed by atoms with van der Waals surface area (Å²) in [5.74, 6) is 0.0631. The van der Waals surface area contributed by atoms with Gasteiger partial charge < -0.3 is 10.1 Å². The van der Waals surface area contributed by atoms with Crippen LogP contribution < -0.4 is 5.32 Å². The summed E-state index contributed by atoms with van der Waals surface area (Å²) in [4.78, 5) is 23.5. The summed E-state index contributed by atoms with van der Waals surface area (Å²) in [6, 6.07) is 7.29. The summed E-state index contributed by atoms with van der Waals surface area (Å²) in [7, 11) is 0. The van der Waals surface area contributed by atoms with Crippen molar-refractivity contribution in [2.75, 3.05) is 0 Å². The number of ketones is 1. The standard InChI is InChI=1S/C16H23NO3/c1-11(2)14(18)13-8-6-7-12(9-13)10-17-15(19)20-16(3,4)5/h6-9,11H,10H2,1-5H3,(H,17,19). The van der Waals surface area contributed by atoms with Crippen LogP contribution in [0.4, 0.5) is 4.79 Å². The van der Waals surface area contributed by atoms with Crippen molar-refractivity contribution in [3.05, 3.63) is 35.4 Å². The summed E-state index contributed by atoms with van der Waals surface area (Å²) in [6.07, 6.45) is -0.460. The van der Waals surface area contributed by atoms with Crippen molar-refractivity contribution in [1.29, 1.82) is 0 Å². The summed E-state index contributed by atoms with van der Waals surface area (Å²) < 4.78 is 5.16. The molecule has 0 radical (unpaired) electrons. The van der Waals surface area contributed by atoms with E-state index in [1.54, 1.807) is 12.1 Å². The van der Waals surface area contributed by atoms with E-state index in [4.69, 9.17) is 4.74 Å². The number of nitrogens with one attached hydrogen (secondary N) is 1. The second-order valence-electron chi connectivity index (χ2n) is 6.07. The van der Waals surface area contributed by atoms with Gasteiger partial charge in [-0.05, 0) is 32.4 Å². The molecule has 1 aromatic carbocycles. The van der Waals surface area contributed by atoms with Crippen LogP contribution in [-0.4, -0.2) is 17.5 Å². The van der Waals surface area contributed by atoms with Gasteiger partial charge in [-0.15, -0.1) is 0 Å². The molecule has 0 aliphatic heterocycles. The Morgan fingerprint density at radius 1 is 1.25 bits per heavy atom. The van der Waals surface area contributed by atoms with Crippen molar-refractivity contribution >= 4 is 11.9 Å². The minimum atomic E-state index is -0.514. The van der Waals surface area contributed by atoms with Gasteiger partial charge in [0.1, 0.15) is 5.60 Å². The molecular weight excluding hydrogens is 254 g/mol. The van der Waals surface area contributed by atoms with Crippen molar-refractivity contribution in [3.63, 3.8) is 0 Å². The highest BCUT2D eigenvalue weighted by atomic mass is 16.6. The van der Waals surface area contributed by atoms with Crippen LogP contribution in [0.1, 0.15) is 50.5 Å². The molecule has 1 aromatic rings. The van der Waals surface area contributed by atoms with E-state index in [-0.39, 0.29) is 11.7 Å². The van der Waals surface area contributed by atoms with Crippen LogP contribution in [0.2, 0.25) is 0 Å². The largest absolute Gasteiger partial charge is 0.444 e. The van der Waals surface area contributed by atoms with Crippen molar-refractivity contribution in [3.8, 4) is 0 Å². The Kier molecular flexibility index (Phi) is 5.31. The molecule has 0 aromatic heterocycles. The van der Waals surface area contributed by atoms with E-state index in [2.05, 4.69) is 5.32 Å². The lowest BCUT2D eigenvalue weighted by Crippen LogP contribution is -2.32. The smallest absolute Gasteiger partial charge is 0.407 e. The van der Waals surface area contributed by atoms with Crippen LogP contribution in [0.15, 0.2) is 24.3 Å². The van der Waals surface area contributed by atoms with Crippen LogP contribution in [0, 0.1) is 5.92 Å². The summed E-state index contributed by atoms with van der Waals surface area (Å²) in [6.45, 7) is 9.52. The average Bonchev–Trinajstić information content (AvgIpc) is 2.33. The fraction of sp³-hybridized carbons (Fsp3) is 0.500. The third-order valence-corrected chi connectivity index (χ3v) is 2.57. The molecule has 4 nitrogen and oxygen atoms in total. The Morgan fingerprint density at radius 2 is 1.90 bits per heavy atom. The summed E-state index contributed by atoms with van der Waals surface area (Å²) in [5.41, 5.74) is 1.03. The minimum absolute atomic E-state index is 0.0379. The zero-order chi connectivity index (χ0) is 15.3. The van der Waals surface area contributed by atoms with Gasteiger partial charge in [-0.3, -0.25) is 4.79 Å². The maximum absolute atomic E-state index is 11.9. The number of ether oxygens (including phenoxy) is 1. The van der Waals surface area contributed by atoms with Gasteiger partial charge in [0, 0.05) is 18.0 Å². The van der Waals surface area contributed by atoms with Crippen molar-refractivity contribution in [2.24, 2.45) is 5.92 Å². The molecule has 0 bridgehead atoms. The molecule has 0 spiro atoms. The van der Waals surface area contributed by atoms with Gasteiger partial charge in [0.25, 0.3) is 0 Å². The van der Waals surface area contributed by atoms with Crippen LogP contribution in [-0.2, 0) is 11.3 Å². The van der Waals surface area contributed by atoms with Gasteiger partial charge in [-0.25, -0.2) is 4.79 Å². The number of alkyl carbamates (subject to hydrolysis) is 1. The van der Waals surface area contributed by atoms with Gasteiger partial charge in [0.2, 0.25) is 0 Å². The Hall–Kier alpha value is -1.84. The molecule has 0 atom stereocenters. The molecule has 0 saturated heterocycles. The summed E-state index contributed by atoms with van der Waals surface area (Å²) in [5, 5.41) is 2.68. The predicted octanol–water partition coefficient (Wildman–Crippen LogP) is 3.55. The van der Waals surface area contributed by atoms with E-state index >= 15 is 0 Å². The number of amides is 1. The number of hydrogen-bond acceptors (Lipinski definition) is 3. The van der Waals surface area contributed by atoms with Crippen LogP contribution in [0.3, 0.4) is 0 Å². The van der Waals surface area contributed by atoms with E-state index in [9.17, 15) is 9.59 Å². The normalized spacial score (nSPS) is 11.3. The van der Waals surface area contributed by atoms with Gasteiger partial charge in [0.15, 0.2) is 5.78 Å². The number of carbonyl (C=O) groups is 2. The SMILES string of the molecule is CC(C)C(=O)c1cccc(CNC(=O)OC(C)(C)C)c1. The molecule has 0 unspecified atom stereocenters. The predicted molar refractivity (Wildman–Crippen MR) is 78.7 cm³/mol. The number of hydrogen-bond donors (Lipinski definition) is 1. The highest BCUT2D eigenvalue weighted by Crippen LogP contribution is 2.11. The van der Waals surface area contributed by atoms with Crippen LogP contribution in [0.25, 0.3) is 0 Å². The van der Waals surface area contributed by atoms with Gasteiger partial charge in [-0.2, -0.15) is 0 Å². The first-order chi connectivity index (χ1) is 9.19. The first-order valence-electron chi connectivity index (χ1n) is 6.79. The lowest BCUT2D eigenvalue weighted by molar-refractivity contribution is 0.0523. The molecule has 1 rings (SSSR count). The minimum Gasteiger partial charge on any atom is -0.444 e. The first kappa shape index (κ1) is 16.2. The molecule has 0 aliphatic carbocycles. The molecule has 0 aliphatic rings. The molecule has 1 amide bonds. The molecule has 1 N–H and O–H groups in total. The Bertz CT molecular complexity index is 487. The zero-order valence-electron chi connectivity index (χ0n) is 12.8. The lowest BCUT2D eigenvalue weighted by atomic mass is 9.99. The number of carbonyl (C=O) groups excluding carboxylic acids is 2. The van der Waals surface area contributed by atoms with E-state index in [0.717, 1.165) is 5.56 Å². The molecular formula is C16H23NO3. The molecule has 0 fully saturated rings. The van der Waals surface area contributed by atoms with Gasteiger partial charge in [0.05, 0.1) is 0 Å². The fourth-order valence-electron chi connectivity index (χ4n) is 1.66. The van der Waals surface area contributed by atoms with Crippen molar-refractivity contribution in [1.82, 2.24) is 5.32 Å². The van der Waals surface area contributed by atoms with Crippen LogP contribution >= 0.6 is 0 Å². The van der Waals surface area contributed by atoms with Crippen molar-refractivity contribution < 1.29 is 14.3 Å². The zero-order valence-corrected chi connectivity index (χ0v) is 12.8. The van der Waals surface area contributed by atoms with E-state index < -0.39 is 11.7 Å². The maximum atomic E-state index is 11.9. The molecule has 110 valence electrons. The molecule has 4 heteroatoms. The third-order valence-electron chi connectivity index (χ3n) is 2.57.